The van der Waals surface area contributed by atoms with Gasteiger partial charge in [0, 0.05) is 43.3 Å². The van der Waals surface area contributed by atoms with Crippen LogP contribution in [0.1, 0.15) is 47.0 Å². The van der Waals surface area contributed by atoms with Gasteiger partial charge in [0.05, 0.1) is 6.61 Å². The van der Waals surface area contributed by atoms with Crippen LogP contribution in [0, 0.1) is 0 Å². The number of rotatable bonds is 4. The molecule has 2 N–H and O–H groups in total. The van der Waals surface area contributed by atoms with Gasteiger partial charge < -0.3 is 10.4 Å². The lowest BCUT2D eigenvalue weighted by molar-refractivity contribution is 0.0399. The summed E-state index contributed by atoms with van der Waals surface area (Å²) in [6, 6.07) is 0.656. The third-order valence-corrected chi connectivity index (χ3v) is 5.22. The average molecular weight is 283 g/mol. The average Bonchev–Trinajstić information content (AvgIpc) is 2.83. The highest BCUT2D eigenvalue weighted by Gasteiger charge is 2.41. The molecule has 2 rings (SSSR count). The van der Waals surface area contributed by atoms with Crippen molar-refractivity contribution in [2.24, 2.45) is 0 Å². The summed E-state index contributed by atoms with van der Waals surface area (Å²) in [5.41, 5.74) is 0.279. The lowest BCUT2D eigenvalue weighted by Gasteiger charge is -2.44. The van der Waals surface area contributed by atoms with Crippen LogP contribution >= 0.6 is 0 Å². The molecule has 0 bridgehead atoms. The molecule has 0 aromatic carbocycles. The predicted octanol–water partition coefficient (Wildman–Crippen LogP) is 1.30. The quantitative estimate of drug-likeness (QED) is 0.816. The molecule has 4 heteroatoms. The minimum atomic E-state index is -0.0133. The van der Waals surface area contributed by atoms with Crippen LogP contribution in [0.2, 0.25) is 0 Å². The van der Waals surface area contributed by atoms with Gasteiger partial charge in [-0.05, 0) is 46.6 Å². The van der Waals surface area contributed by atoms with E-state index in [2.05, 4.69) is 42.8 Å². The summed E-state index contributed by atoms with van der Waals surface area (Å²) in [5, 5.41) is 13.2. The van der Waals surface area contributed by atoms with Gasteiger partial charge >= 0.3 is 0 Å². The van der Waals surface area contributed by atoms with E-state index in [4.69, 9.17) is 0 Å². The van der Waals surface area contributed by atoms with Crippen LogP contribution < -0.4 is 5.32 Å². The van der Waals surface area contributed by atoms with Gasteiger partial charge in [0.2, 0.25) is 0 Å². The van der Waals surface area contributed by atoms with E-state index >= 15 is 0 Å². The first kappa shape index (κ1) is 16.2. The summed E-state index contributed by atoms with van der Waals surface area (Å²) in [6.45, 7) is 15.0. The van der Waals surface area contributed by atoms with Crippen LogP contribution in [0.25, 0.3) is 0 Å². The van der Waals surface area contributed by atoms with Crippen molar-refractivity contribution in [2.75, 3.05) is 39.3 Å². The van der Waals surface area contributed by atoms with Gasteiger partial charge in [-0.25, -0.2) is 0 Å². The van der Waals surface area contributed by atoms with Crippen molar-refractivity contribution in [3.05, 3.63) is 0 Å². The summed E-state index contributed by atoms with van der Waals surface area (Å²) < 4.78 is 0. The fourth-order valence-corrected chi connectivity index (χ4v) is 3.90. The monoisotopic (exact) mass is 283 g/mol. The fourth-order valence-electron chi connectivity index (χ4n) is 3.90. The number of aliphatic hydroxyl groups is 1. The van der Waals surface area contributed by atoms with Crippen molar-refractivity contribution >= 4 is 0 Å². The first-order chi connectivity index (χ1) is 9.40. The summed E-state index contributed by atoms with van der Waals surface area (Å²) >= 11 is 0. The molecule has 118 valence electrons. The fraction of sp³-hybridized carbons (Fsp3) is 1.00. The van der Waals surface area contributed by atoms with Gasteiger partial charge in [-0.2, -0.15) is 0 Å². The SMILES string of the molecule is CCNC1(CO)CCC(N2CCN(C(C)(C)C)CC2)C1. The number of piperazine rings is 1. The zero-order chi connectivity index (χ0) is 14.8. The molecule has 0 amide bonds. The summed E-state index contributed by atoms with van der Waals surface area (Å²) in [5.74, 6) is 0. The first-order valence-electron chi connectivity index (χ1n) is 8.25. The number of hydrogen-bond acceptors (Lipinski definition) is 4. The molecule has 2 unspecified atom stereocenters. The lowest BCUT2D eigenvalue weighted by Crippen LogP contribution is -2.56. The van der Waals surface area contributed by atoms with Crippen LogP contribution in [-0.2, 0) is 0 Å². The highest BCUT2D eigenvalue weighted by Crippen LogP contribution is 2.33. The second kappa shape index (κ2) is 6.30. The van der Waals surface area contributed by atoms with Crippen LogP contribution in [0.5, 0.6) is 0 Å². The molecule has 0 aromatic heterocycles. The number of likely N-dealkylation sites (N-methyl/N-ethyl adjacent to an activating group) is 1. The molecule has 20 heavy (non-hydrogen) atoms. The Kier molecular flexibility index (Phi) is 5.11. The molecule has 1 heterocycles. The molecular formula is C16H33N3O. The Bertz CT molecular complexity index is 307. The van der Waals surface area contributed by atoms with Crippen molar-refractivity contribution in [3.63, 3.8) is 0 Å². The van der Waals surface area contributed by atoms with Gasteiger partial charge in [0.25, 0.3) is 0 Å². The summed E-state index contributed by atoms with van der Waals surface area (Å²) in [6.07, 6.45) is 3.44. The first-order valence-corrected chi connectivity index (χ1v) is 8.25. The van der Waals surface area contributed by atoms with E-state index in [-0.39, 0.29) is 12.1 Å². The Morgan fingerprint density at radius 3 is 2.35 bits per heavy atom. The Labute approximate surface area is 124 Å². The summed E-state index contributed by atoms with van der Waals surface area (Å²) in [7, 11) is 0. The van der Waals surface area contributed by atoms with Crippen molar-refractivity contribution < 1.29 is 5.11 Å². The number of nitrogens with one attached hydrogen (secondary N) is 1. The van der Waals surface area contributed by atoms with Crippen LogP contribution in [0.3, 0.4) is 0 Å². The molecule has 0 spiro atoms. The third kappa shape index (κ3) is 3.53. The Balaban J connectivity index is 1.86. The minimum absolute atomic E-state index is 0.0133. The molecule has 1 saturated heterocycles. The Hall–Kier alpha value is -0.160. The van der Waals surface area contributed by atoms with E-state index in [1.54, 1.807) is 0 Å². The van der Waals surface area contributed by atoms with Gasteiger partial charge in [-0.1, -0.05) is 6.92 Å². The Morgan fingerprint density at radius 2 is 1.85 bits per heavy atom. The zero-order valence-corrected chi connectivity index (χ0v) is 13.8. The van der Waals surface area contributed by atoms with Gasteiger partial charge in [-0.15, -0.1) is 0 Å². The molecule has 2 fully saturated rings. The molecule has 1 aliphatic heterocycles. The van der Waals surface area contributed by atoms with Gasteiger partial charge in [0.1, 0.15) is 0 Å². The molecule has 0 radical (unpaired) electrons. The number of nitrogens with zero attached hydrogens (tertiary/aromatic N) is 2. The van der Waals surface area contributed by atoms with Crippen molar-refractivity contribution in [1.82, 2.24) is 15.1 Å². The largest absolute Gasteiger partial charge is 0.394 e. The maximum atomic E-state index is 9.72. The smallest absolute Gasteiger partial charge is 0.0613 e. The van der Waals surface area contributed by atoms with Crippen molar-refractivity contribution in [2.45, 2.75) is 64.1 Å². The molecule has 4 nitrogen and oxygen atoms in total. The second-order valence-corrected chi connectivity index (χ2v) is 7.56. The van der Waals surface area contributed by atoms with Gasteiger partial charge in [0.15, 0.2) is 0 Å². The summed E-state index contributed by atoms with van der Waals surface area (Å²) in [4.78, 5) is 5.24. The highest BCUT2D eigenvalue weighted by atomic mass is 16.3. The topological polar surface area (TPSA) is 38.7 Å². The van der Waals surface area contributed by atoms with E-state index in [9.17, 15) is 5.11 Å². The molecular weight excluding hydrogens is 250 g/mol. The van der Waals surface area contributed by atoms with Crippen LogP contribution in [0.4, 0.5) is 0 Å². The second-order valence-electron chi connectivity index (χ2n) is 7.56. The number of aliphatic hydroxyl groups excluding tert-OH is 1. The van der Waals surface area contributed by atoms with E-state index in [1.807, 2.05) is 0 Å². The number of hydrogen-bond donors (Lipinski definition) is 2. The molecule has 1 aliphatic carbocycles. The minimum Gasteiger partial charge on any atom is -0.394 e. The third-order valence-electron chi connectivity index (χ3n) is 5.22. The van der Waals surface area contributed by atoms with E-state index in [1.165, 1.54) is 32.6 Å². The maximum Gasteiger partial charge on any atom is 0.0613 e. The van der Waals surface area contributed by atoms with Crippen molar-refractivity contribution in [1.29, 1.82) is 0 Å². The normalized spacial score (nSPS) is 33.8. The maximum absolute atomic E-state index is 9.72. The highest BCUT2D eigenvalue weighted by molar-refractivity contribution is 5.00. The van der Waals surface area contributed by atoms with Gasteiger partial charge in [-0.3, -0.25) is 9.80 Å². The molecule has 1 saturated carbocycles. The predicted molar refractivity (Wildman–Crippen MR) is 84.0 cm³/mol. The lowest BCUT2D eigenvalue weighted by atomic mass is 9.98. The molecule has 2 atom stereocenters. The standard InChI is InChI=1S/C16H33N3O/c1-5-17-16(13-20)7-6-14(12-16)18-8-10-19(11-9-18)15(2,3)4/h14,17,20H,5-13H2,1-4H3. The van der Waals surface area contributed by atoms with Crippen LogP contribution in [0.15, 0.2) is 0 Å². The molecule has 2 aliphatic rings. The zero-order valence-electron chi connectivity index (χ0n) is 13.8. The molecule has 0 aromatic rings. The van der Waals surface area contributed by atoms with E-state index in [0.717, 1.165) is 19.4 Å². The van der Waals surface area contributed by atoms with Crippen molar-refractivity contribution in [3.8, 4) is 0 Å². The Morgan fingerprint density at radius 1 is 1.20 bits per heavy atom. The van der Waals surface area contributed by atoms with Crippen LogP contribution in [-0.4, -0.2) is 71.4 Å². The van der Waals surface area contributed by atoms with E-state index < -0.39 is 0 Å². The van der Waals surface area contributed by atoms with E-state index in [0.29, 0.717) is 11.6 Å².